The molecule has 0 radical (unpaired) electrons. The largest absolute Gasteiger partial charge is 0.298 e. The molecule has 0 aliphatic carbocycles. The van der Waals surface area contributed by atoms with E-state index in [0.29, 0.717) is 25.9 Å². The van der Waals surface area contributed by atoms with E-state index in [9.17, 15) is 13.2 Å². The lowest BCUT2D eigenvalue weighted by Gasteiger charge is -2.10. The number of hydrogen-bond acceptors (Lipinski definition) is 5. The fourth-order valence-corrected chi connectivity index (χ4v) is 4.13. The maximum absolute atomic E-state index is 12.2. The molecule has 3 aromatic rings. The van der Waals surface area contributed by atoms with E-state index in [2.05, 4.69) is 10.3 Å². The molecule has 25 heavy (non-hydrogen) atoms. The van der Waals surface area contributed by atoms with Gasteiger partial charge in [-0.15, -0.1) is 0 Å². The Kier molecular flexibility index (Phi) is 4.79. The lowest BCUT2D eigenvalue weighted by molar-refractivity contribution is 0.102. The third kappa shape index (κ3) is 3.67. The maximum Gasteiger partial charge on any atom is 0.257 e. The quantitative estimate of drug-likeness (QED) is 0.733. The van der Waals surface area contributed by atoms with E-state index in [1.807, 2.05) is 0 Å². The van der Waals surface area contributed by atoms with Crippen molar-refractivity contribution >= 4 is 54.2 Å². The molecule has 0 aliphatic rings. The minimum Gasteiger partial charge on any atom is -0.298 e. The van der Waals surface area contributed by atoms with Gasteiger partial charge in [0.1, 0.15) is 0 Å². The van der Waals surface area contributed by atoms with Crippen LogP contribution in [0.5, 0.6) is 0 Å². The Morgan fingerprint density at radius 3 is 2.48 bits per heavy atom. The van der Waals surface area contributed by atoms with Crippen LogP contribution in [0.15, 0.2) is 47.4 Å². The number of benzene rings is 2. The van der Waals surface area contributed by atoms with E-state index >= 15 is 0 Å². The van der Waals surface area contributed by atoms with Gasteiger partial charge in [-0.2, -0.15) is 0 Å². The highest BCUT2D eigenvalue weighted by atomic mass is 35.5. The van der Waals surface area contributed by atoms with E-state index in [4.69, 9.17) is 11.6 Å². The molecule has 0 saturated heterocycles. The van der Waals surface area contributed by atoms with Crippen molar-refractivity contribution in [3.05, 3.63) is 53.1 Å². The molecule has 1 amide bonds. The van der Waals surface area contributed by atoms with E-state index in [-0.39, 0.29) is 10.8 Å². The first kappa shape index (κ1) is 17.8. The lowest BCUT2D eigenvalue weighted by Crippen LogP contribution is -2.22. The number of sulfonamides is 1. The molecule has 6 nitrogen and oxygen atoms in total. The van der Waals surface area contributed by atoms with Crippen LogP contribution in [0.3, 0.4) is 0 Å². The van der Waals surface area contributed by atoms with E-state index in [0.717, 1.165) is 4.31 Å². The highest BCUT2D eigenvalue weighted by Crippen LogP contribution is 2.29. The zero-order chi connectivity index (χ0) is 18.2. The Hall–Kier alpha value is -2.00. The third-order valence-electron chi connectivity index (χ3n) is 3.47. The second kappa shape index (κ2) is 6.72. The van der Waals surface area contributed by atoms with Crippen LogP contribution in [-0.2, 0) is 10.0 Å². The van der Waals surface area contributed by atoms with Crippen molar-refractivity contribution in [3.63, 3.8) is 0 Å². The van der Waals surface area contributed by atoms with Gasteiger partial charge in [0.15, 0.2) is 5.13 Å². The average molecular weight is 396 g/mol. The Bertz CT molecular complexity index is 1040. The zero-order valence-electron chi connectivity index (χ0n) is 13.4. The van der Waals surface area contributed by atoms with Crippen LogP contribution in [0.4, 0.5) is 5.13 Å². The Labute approximate surface area is 154 Å². The number of nitrogens with one attached hydrogen (secondary N) is 1. The number of halogens is 1. The molecule has 2 aromatic carbocycles. The number of carbonyl (C=O) groups is 1. The fourth-order valence-electron chi connectivity index (χ4n) is 2.10. The van der Waals surface area contributed by atoms with Crippen molar-refractivity contribution in [2.45, 2.75) is 4.90 Å². The number of fused-ring (bicyclic) bond motifs is 1. The van der Waals surface area contributed by atoms with Gasteiger partial charge in [-0.25, -0.2) is 17.7 Å². The van der Waals surface area contributed by atoms with Crippen molar-refractivity contribution in [1.29, 1.82) is 0 Å². The fraction of sp³-hybridized carbons (Fsp3) is 0.125. The van der Waals surface area contributed by atoms with Crippen LogP contribution in [0, 0.1) is 0 Å². The Balaban J connectivity index is 1.89. The summed E-state index contributed by atoms with van der Waals surface area (Å²) in [6, 6.07) is 11.2. The lowest BCUT2D eigenvalue weighted by atomic mass is 10.2. The summed E-state index contributed by atoms with van der Waals surface area (Å²) in [5.41, 5.74) is 1.08. The Morgan fingerprint density at radius 2 is 1.84 bits per heavy atom. The molecular formula is C16H14ClN3O3S2. The molecule has 0 unspecified atom stereocenters. The number of rotatable bonds is 4. The zero-order valence-corrected chi connectivity index (χ0v) is 15.7. The van der Waals surface area contributed by atoms with Gasteiger partial charge in [0.25, 0.3) is 5.91 Å². The summed E-state index contributed by atoms with van der Waals surface area (Å²) in [5, 5.41) is 3.66. The second-order valence-corrected chi connectivity index (χ2v) is 9.02. The summed E-state index contributed by atoms with van der Waals surface area (Å²) in [6.45, 7) is 0. The standard InChI is InChI=1S/C16H14ClN3O3S2/c1-20(2)25(22,23)12-7-8-13-14(9-12)24-16(18-13)19-15(21)10-3-5-11(17)6-4-10/h3-9H,1-2H3,(H,18,19,21). The summed E-state index contributed by atoms with van der Waals surface area (Å²) in [6.07, 6.45) is 0. The summed E-state index contributed by atoms with van der Waals surface area (Å²) in [7, 11) is -0.565. The van der Waals surface area contributed by atoms with Gasteiger partial charge in [-0.1, -0.05) is 22.9 Å². The number of hydrogen-bond donors (Lipinski definition) is 1. The summed E-state index contributed by atoms with van der Waals surface area (Å²) in [4.78, 5) is 16.7. The molecule has 1 aromatic heterocycles. The number of nitrogens with zero attached hydrogens (tertiary/aromatic N) is 2. The number of anilines is 1. The summed E-state index contributed by atoms with van der Waals surface area (Å²) >= 11 is 7.02. The van der Waals surface area contributed by atoms with E-state index in [1.165, 1.54) is 31.5 Å². The summed E-state index contributed by atoms with van der Waals surface area (Å²) < 4.78 is 26.2. The maximum atomic E-state index is 12.2. The first-order valence-electron chi connectivity index (χ1n) is 7.17. The molecule has 0 bridgehead atoms. The topological polar surface area (TPSA) is 79.4 Å². The van der Waals surface area contributed by atoms with Gasteiger partial charge in [0.2, 0.25) is 10.0 Å². The minimum absolute atomic E-state index is 0.184. The predicted molar refractivity (Wildman–Crippen MR) is 99.9 cm³/mol. The molecule has 0 aliphatic heterocycles. The van der Waals surface area contributed by atoms with Gasteiger partial charge in [-0.05, 0) is 42.5 Å². The number of thiazole rings is 1. The van der Waals surface area contributed by atoms with E-state index < -0.39 is 10.0 Å². The summed E-state index contributed by atoms with van der Waals surface area (Å²) in [5.74, 6) is -0.308. The van der Waals surface area contributed by atoms with Crippen molar-refractivity contribution in [1.82, 2.24) is 9.29 Å². The molecule has 0 saturated carbocycles. The number of carbonyl (C=O) groups excluding carboxylic acids is 1. The highest BCUT2D eigenvalue weighted by Gasteiger charge is 2.18. The molecule has 0 fully saturated rings. The highest BCUT2D eigenvalue weighted by molar-refractivity contribution is 7.89. The van der Waals surface area contributed by atoms with Crippen molar-refractivity contribution in [3.8, 4) is 0 Å². The normalized spacial score (nSPS) is 11.8. The van der Waals surface area contributed by atoms with Crippen molar-refractivity contribution in [2.75, 3.05) is 19.4 Å². The van der Waals surface area contributed by atoms with Gasteiger partial charge < -0.3 is 0 Å². The molecule has 1 heterocycles. The SMILES string of the molecule is CN(C)S(=O)(=O)c1ccc2nc(NC(=O)c3ccc(Cl)cc3)sc2c1. The molecule has 3 rings (SSSR count). The van der Waals surface area contributed by atoms with Gasteiger partial charge in [-0.3, -0.25) is 10.1 Å². The molecule has 130 valence electrons. The molecule has 0 spiro atoms. The number of amides is 1. The van der Waals surface area contributed by atoms with Crippen LogP contribution < -0.4 is 5.32 Å². The molecule has 0 atom stereocenters. The predicted octanol–water partition coefficient (Wildman–Crippen LogP) is 3.45. The smallest absolute Gasteiger partial charge is 0.257 e. The van der Waals surface area contributed by atoms with Gasteiger partial charge in [0.05, 0.1) is 15.1 Å². The van der Waals surface area contributed by atoms with Crippen LogP contribution in [0.2, 0.25) is 5.02 Å². The first-order chi connectivity index (χ1) is 11.8. The van der Waals surface area contributed by atoms with Crippen LogP contribution >= 0.6 is 22.9 Å². The molecule has 9 heteroatoms. The van der Waals surface area contributed by atoms with Gasteiger partial charge >= 0.3 is 0 Å². The second-order valence-electron chi connectivity index (χ2n) is 5.40. The van der Waals surface area contributed by atoms with Crippen molar-refractivity contribution < 1.29 is 13.2 Å². The van der Waals surface area contributed by atoms with E-state index in [1.54, 1.807) is 36.4 Å². The molecular weight excluding hydrogens is 382 g/mol. The third-order valence-corrected chi connectivity index (χ3v) is 6.46. The average Bonchev–Trinajstić information content (AvgIpc) is 2.96. The minimum atomic E-state index is -3.52. The van der Waals surface area contributed by atoms with Crippen LogP contribution in [0.1, 0.15) is 10.4 Å². The van der Waals surface area contributed by atoms with Gasteiger partial charge in [0, 0.05) is 24.7 Å². The molecule has 1 N–H and O–H groups in total. The Morgan fingerprint density at radius 1 is 1.16 bits per heavy atom. The van der Waals surface area contributed by atoms with Crippen molar-refractivity contribution in [2.24, 2.45) is 0 Å². The van der Waals surface area contributed by atoms with Crippen LogP contribution in [0.25, 0.3) is 10.2 Å². The number of aromatic nitrogens is 1. The first-order valence-corrected chi connectivity index (χ1v) is 9.81. The van der Waals surface area contributed by atoms with Crippen LogP contribution in [-0.4, -0.2) is 37.7 Å². The monoisotopic (exact) mass is 395 g/mol.